The average Bonchev–Trinajstić information content (AvgIpc) is 3.25. The van der Waals surface area contributed by atoms with E-state index in [-0.39, 0.29) is 23.3 Å². The van der Waals surface area contributed by atoms with Gasteiger partial charge in [0.2, 0.25) is 11.8 Å². The summed E-state index contributed by atoms with van der Waals surface area (Å²) in [6.45, 7) is 6.19. The maximum atomic E-state index is 12.8. The number of carbonyl (C=O) groups is 2. The summed E-state index contributed by atoms with van der Waals surface area (Å²) in [6, 6.07) is 8.40. The standard InChI is InChI=1S/C24H34N2O3/c1-2-19-5-7-20(8-6-19)16-23(28)25-13-11-24(12-14-25)10-9-22(27)26(18-24)17-21-4-3-15-29-21/h5-8,21H,2-4,9-18H2,1H3/t21-/m0/s1. The molecule has 3 aliphatic rings. The molecule has 5 nitrogen and oxygen atoms in total. The third-order valence-electron chi connectivity index (χ3n) is 7.16. The van der Waals surface area contributed by atoms with Gasteiger partial charge in [0.1, 0.15) is 0 Å². The maximum Gasteiger partial charge on any atom is 0.226 e. The molecule has 0 aliphatic carbocycles. The number of rotatable bonds is 5. The summed E-state index contributed by atoms with van der Waals surface area (Å²) in [4.78, 5) is 29.3. The molecule has 3 saturated heterocycles. The van der Waals surface area contributed by atoms with Gasteiger partial charge in [0.15, 0.2) is 0 Å². The van der Waals surface area contributed by atoms with E-state index in [0.717, 1.165) is 76.9 Å². The summed E-state index contributed by atoms with van der Waals surface area (Å²) in [5, 5.41) is 0. The predicted molar refractivity (Wildman–Crippen MR) is 113 cm³/mol. The fraction of sp³-hybridized carbons (Fsp3) is 0.667. The fourth-order valence-electron chi connectivity index (χ4n) is 5.12. The Balaban J connectivity index is 1.30. The molecule has 5 heteroatoms. The van der Waals surface area contributed by atoms with Crippen LogP contribution in [0.25, 0.3) is 0 Å². The first kappa shape index (κ1) is 20.4. The van der Waals surface area contributed by atoms with Crippen LogP contribution in [-0.4, -0.2) is 60.5 Å². The van der Waals surface area contributed by atoms with Crippen molar-refractivity contribution in [3.05, 3.63) is 35.4 Å². The van der Waals surface area contributed by atoms with E-state index in [1.807, 2.05) is 9.80 Å². The summed E-state index contributed by atoms with van der Waals surface area (Å²) in [6.07, 6.45) is 7.52. The van der Waals surface area contributed by atoms with Gasteiger partial charge >= 0.3 is 0 Å². The highest BCUT2D eigenvalue weighted by Crippen LogP contribution is 2.40. The number of carbonyl (C=O) groups excluding carboxylic acids is 2. The lowest BCUT2D eigenvalue weighted by molar-refractivity contribution is -0.143. The maximum absolute atomic E-state index is 12.8. The minimum absolute atomic E-state index is 0.187. The molecule has 4 rings (SSSR count). The number of piperidine rings is 2. The van der Waals surface area contributed by atoms with E-state index < -0.39 is 0 Å². The third kappa shape index (κ3) is 4.82. The summed E-state index contributed by atoms with van der Waals surface area (Å²) in [7, 11) is 0. The lowest BCUT2D eigenvalue weighted by Crippen LogP contribution is -2.53. The van der Waals surface area contributed by atoms with Crippen molar-refractivity contribution in [1.82, 2.24) is 9.80 Å². The molecule has 0 aromatic heterocycles. The molecule has 1 aromatic rings. The molecule has 0 radical (unpaired) electrons. The van der Waals surface area contributed by atoms with Crippen molar-refractivity contribution in [2.45, 2.75) is 64.4 Å². The Bertz CT molecular complexity index is 716. The van der Waals surface area contributed by atoms with Gasteiger partial charge in [-0.2, -0.15) is 0 Å². The van der Waals surface area contributed by atoms with E-state index in [0.29, 0.717) is 12.8 Å². The van der Waals surface area contributed by atoms with Crippen molar-refractivity contribution in [2.24, 2.45) is 5.41 Å². The molecule has 0 saturated carbocycles. The molecule has 1 spiro atoms. The molecule has 29 heavy (non-hydrogen) atoms. The molecular weight excluding hydrogens is 364 g/mol. The van der Waals surface area contributed by atoms with Gasteiger partial charge < -0.3 is 14.5 Å². The fourth-order valence-corrected chi connectivity index (χ4v) is 5.12. The molecule has 3 aliphatic heterocycles. The molecule has 1 aromatic carbocycles. The molecule has 0 unspecified atom stereocenters. The Morgan fingerprint density at radius 1 is 1.14 bits per heavy atom. The van der Waals surface area contributed by atoms with Gasteiger partial charge in [0, 0.05) is 39.2 Å². The molecular formula is C24H34N2O3. The Kier molecular flexibility index (Phi) is 6.23. The first-order chi connectivity index (χ1) is 14.1. The van der Waals surface area contributed by atoms with Crippen LogP contribution in [0.2, 0.25) is 0 Å². The number of nitrogens with zero attached hydrogens (tertiary/aromatic N) is 2. The lowest BCUT2D eigenvalue weighted by Gasteiger charge is -2.47. The van der Waals surface area contributed by atoms with Gasteiger partial charge in [-0.15, -0.1) is 0 Å². The Labute approximate surface area is 174 Å². The topological polar surface area (TPSA) is 49.9 Å². The molecule has 158 valence electrons. The van der Waals surface area contributed by atoms with Crippen molar-refractivity contribution in [1.29, 1.82) is 0 Å². The Morgan fingerprint density at radius 3 is 2.52 bits per heavy atom. The molecule has 0 bridgehead atoms. The molecule has 2 amide bonds. The zero-order valence-electron chi connectivity index (χ0n) is 17.7. The van der Waals surface area contributed by atoms with Gasteiger partial charge in [0.05, 0.1) is 12.5 Å². The number of ether oxygens (including phenoxy) is 1. The van der Waals surface area contributed by atoms with E-state index in [1.54, 1.807) is 0 Å². The average molecular weight is 399 g/mol. The second kappa shape index (κ2) is 8.86. The second-order valence-corrected chi connectivity index (χ2v) is 9.14. The van der Waals surface area contributed by atoms with Crippen LogP contribution in [0.4, 0.5) is 0 Å². The van der Waals surface area contributed by atoms with Crippen LogP contribution in [0.1, 0.15) is 56.6 Å². The van der Waals surface area contributed by atoms with Crippen LogP contribution < -0.4 is 0 Å². The highest BCUT2D eigenvalue weighted by Gasteiger charge is 2.42. The van der Waals surface area contributed by atoms with Gasteiger partial charge in [0.25, 0.3) is 0 Å². The number of amides is 2. The summed E-state index contributed by atoms with van der Waals surface area (Å²) in [5.74, 6) is 0.507. The van der Waals surface area contributed by atoms with Crippen molar-refractivity contribution >= 4 is 11.8 Å². The first-order valence-electron chi connectivity index (χ1n) is 11.3. The smallest absolute Gasteiger partial charge is 0.226 e. The third-order valence-corrected chi connectivity index (χ3v) is 7.16. The van der Waals surface area contributed by atoms with Crippen molar-refractivity contribution in [2.75, 3.05) is 32.8 Å². The van der Waals surface area contributed by atoms with Crippen molar-refractivity contribution < 1.29 is 14.3 Å². The number of hydrogen-bond donors (Lipinski definition) is 0. The zero-order valence-corrected chi connectivity index (χ0v) is 17.7. The van der Waals surface area contributed by atoms with E-state index in [1.165, 1.54) is 5.56 Å². The van der Waals surface area contributed by atoms with Crippen LogP contribution in [0.5, 0.6) is 0 Å². The molecule has 3 fully saturated rings. The molecule has 3 heterocycles. The van der Waals surface area contributed by atoms with Crippen LogP contribution in [-0.2, 0) is 27.2 Å². The monoisotopic (exact) mass is 398 g/mol. The number of likely N-dealkylation sites (tertiary alicyclic amines) is 2. The number of benzene rings is 1. The highest BCUT2D eigenvalue weighted by molar-refractivity contribution is 5.79. The lowest BCUT2D eigenvalue weighted by atomic mass is 9.72. The van der Waals surface area contributed by atoms with Gasteiger partial charge in [-0.1, -0.05) is 31.2 Å². The van der Waals surface area contributed by atoms with Crippen molar-refractivity contribution in [3.8, 4) is 0 Å². The van der Waals surface area contributed by atoms with Gasteiger partial charge in [-0.05, 0) is 55.1 Å². The van der Waals surface area contributed by atoms with Gasteiger partial charge in [-0.25, -0.2) is 0 Å². The number of aryl methyl sites for hydroxylation is 1. The van der Waals surface area contributed by atoms with E-state index in [4.69, 9.17) is 4.74 Å². The number of hydrogen-bond acceptors (Lipinski definition) is 3. The quantitative estimate of drug-likeness (QED) is 0.765. The van der Waals surface area contributed by atoms with E-state index >= 15 is 0 Å². The largest absolute Gasteiger partial charge is 0.376 e. The van der Waals surface area contributed by atoms with E-state index in [2.05, 4.69) is 31.2 Å². The minimum Gasteiger partial charge on any atom is -0.376 e. The van der Waals surface area contributed by atoms with Crippen LogP contribution in [0.3, 0.4) is 0 Å². The summed E-state index contributed by atoms with van der Waals surface area (Å²) in [5.41, 5.74) is 2.59. The Morgan fingerprint density at radius 2 is 1.86 bits per heavy atom. The van der Waals surface area contributed by atoms with Crippen LogP contribution in [0.15, 0.2) is 24.3 Å². The predicted octanol–water partition coefficient (Wildman–Crippen LogP) is 3.20. The van der Waals surface area contributed by atoms with Crippen LogP contribution in [0, 0.1) is 5.41 Å². The normalized spacial score (nSPS) is 24.3. The SMILES string of the molecule is CCc1ccc(CC(=O)N2CCC3(CCC(=O)N(C[C@@H]4CCCO4)C3)CC2)cc1. The molecule has 1 atom stereocenters. The minimum atomic E-state index is 0.187. The Hall–Kier alpha value is -1.88. The summed E-state index contributed by atoms with van der Waals surface area (Å²) >= 11 is 0. The summed E-state index contributed by atoms with van der Waals surface area (Å²) < 4.78 is 5.75. The van der Waals surface area contributed by atoms with E-state index in [9.17, 15) is 9.59 Å². The first-order valence-corrected chi connectivity index (χ1v) is 11.3. The van der Waals surface area contributed by atoms with Crippen LogP contribution >= 0.6 is 0 Å². The van der Waals surface area contributed by atoms with Gasteiger partial charge in [-0.3, -0.25) is 9.59 Å². The zero-order chi connectivity index (χ0) is 20.3. The van der Waals surface area contributed by atoms with Crippen molar-refractivity contribution in [3.63, 3.8) is 0 Å². The second-order valence-electron chi connectivity index (χ2n) is 9.14. The molecule has 0 N–H and O–H groups in total. The highest BCUT2D eigenvalue weighted by atomic mass is 16.5.